The van der Waals surface area contributed by atoms with Gasteiger partial charge in [0.25, 0.3) is 10.0 Å². The molecule has 0 aliphatic carbocycles. The van der Waals surface area contributed by atoms with E-state index in [9.17, 15) is 12.8 Å². The summed E-state index contributed by atoms with van der Waals surface area (Å²) in [5, 5.41) is 0. The molecule has 0 saturated heterocycles. The highest BCUT2D eigenvalue weighted by molar-refractivity contribution is 9.11. The van der Waals surface area contributed by atoms with Gasteiger partial charge in [-0.2, -0.15) is 0 Å². The summed E-state index contributed by atoms with van der Waals surface area (Å²) in [5.41, 5.74) is 5.81. The maximum Gasteiger partial charge on any atom is 0.264 e. The van der Waals surface area contributed by atoms with Gasteiger partial charge in [0.2, 0.25) is 0 Å². The zero-order valence-electron chi connectivity index (χ0n) is 9.77. The second-order valence-corrected chi connectivity index (χ2v) is 7.10. The summed E-state index contributed by atoms with van der Waals surface area (Å²) in [6.45, 7) is 0. The SMILES string of the molecule is Nc1cc(Br)c(S(=O)(=O)Nc2ccncc2F)c(Br)c1. The van der Waals surface area contributed by atoms with Crippen LogP contribution in [0, 0.1) is 5.82 Å². The number of sulfonamides is 1. The Morgan fingerprint density at radius 3 is 2.40 bits per heavy atom. The van der Waals surface area contributed by atoms with Crippen LogP contribution in [0.3, 0.4) is 0 Å². The highest BCUT2D eigenvalue weighted by Gasteiger charge is 2.23. The van der Waals surface area contributed by atoms with Crippen molar-refractivity contribution in [2.75, 3.05) is 10.5 Å². The van der Waals surface area contributed by atoms with E-state index in [-0.39, 0.29) is 19.5 Å². The maximum atomic E-state index is 13.5. The smallest absolute Gasteiger partial charge is 0.264 e. The molecule has 3 N–H and O–H groups in total. The molecule has 0 aliphatic rings. The molecule has 0 bridgehead atoms. The second-order valence-electron chi connectivity index (χ2n) is 3.77. The Hall–Kier alpha value is -1.19. The van der Waals surface area contributed by atoms with Crippen molar-refractivity contribution >= 4 is 53.3 Å². The number of benzene rings is 1. The van der Waals surface area contributed by atoms with E-state index >= 15 is 0 Å². The van der Waals surface area contributed by atoms with E-state index < -0.39 is 15.8 Å². The normalized spacial score (nSPS) is 11.3. The lowest BCUT2D eigenvalue weighted by molar-refractivity contribution is 0.597. The summed E-state index contributed by atoms with van der Waals surface area (Å²) < 4.78 is 40.8. The van der Waals surface area contributed by atoms with Crippen LogP contribution in [0.15, 0.2) is 44.4 Å². The average Bonchev–Trinajstić information content (AvgIpc) is 2.30. The van der Waals surface area contributed by atoms with Crippen molar-refractivity contribution in [3.05, 3.63) is 45.4 Å². The van der Waals surface area contributed by atoms with Gasteiger partial charge in [-0.15, -0.1) is 0 Å². The molecule has 0 unspecified atom stereocenters. The number of nitrogens with two attached hydrogens (primary N) is 1. The lowest BCUT2D eigenvalue weighted by Gasteiger charge is -2.12. The van der Waals surface area contributed by atoms with Crippen LogP contribution in [0.5, 0.6) is 0 Å². The van der Waals surface area contributed by atoms with Gasteiger partial charge in [0.05, 0.1) is 11.9 Å². The second kappa shape index (κ2) is 5.66. The fourth-order valence-electron chi connectivity index (χ4n) is 1.49. The lowest BCUT2D eigenvalue weighted by atomic mass is 10.3. The third kappa shape index (κ3) is 3.10. The molecule has 0 aliphatic heterocycles. The number of nitrogen functional groups attached to an aromatic ring is 1. The Kier molecular flexibility index (Phi) is 4.31. The number of halogens is 3. The van der Waals surface area contributed by atoms with Gasteiger partial charge in [0, 0.05) is 20.8 Å². The molecule has 1 heterocycles. The number of nitrogens with one attached hydrogen (secondary N) is 1. The molecule has 9 heteroatoms. The van der Waals surface area contributed by atoms with Crippen LogP contribution >= 0.6 is 31.9 Å². The predicted molar refractivity (Wildman–Crippen MR) is 81.3 cm³/mol. The van der Waals surface area contributed by atoms with Crippen LogP contribution in [-0.4, -0.2) is 13.4 Å². The van der Waals surface area contributed by atoms with Crippen LogP contribution in [0.2, 0.25) is 0 Å². The summed E-state index contributed by atoms with van der Waals surface area (Å²) in [7, 11) is -3.98. The van der Waals surface area contributed by atoms with Crippen LogP contribution in [0.4, 0.5) is 15.8 Å². The van der Waals surface area contributed by atoms with Gasteiger partial charge >= 0.3 is 0 Å². The molecular weight excluding hydrogens is 417 g/mol. The minimum absolute atomic E-state index is 0.0667. The van der Waals surface area contributed by atoms with Crippen LogP contribution in [0.25, 0.3) is 0 Å². The van der Waals surface area contributed by atoms with E-state index in [1.54, 1.807) is 0 Å². The monoisotopic (exact) mass is 423 g/mol. The largest absolute Gasteiger partial charge is 0.399 e. The zero-order valence-corrected chi connectivity index (χ0v) is 13.8. The first kappa shape index (κ1) is 15.2. The van der Waals surface area contributed by atoms with Crippen LogP contribution in [0.1, 0.15) is 0 Å². The maximum absolute atomic E-state index is 13.5. The minimum Gasteiger partial charge on any atom is -0.399 e. The van der Waals surface area contributed by atoms with Crippen molar-refractivity contribution in [2.45, 2.75) is 4.90 Å². The fraction of sp³-hybridized carbons (Fsp3) is 0. The molecule has 20 heavy (non-hydrogen) atoms. The van der Waals surface area contributed by atoms with Crippen molar-refractivity contribution in [3.8, 4) is 0 Å². The first-order valence-electron chi connectivity index (χ1n) is 5.18. The third-order valence-corrected chi connectivity index (χ3v) is 5.55. The summed E-state index contributed by atoms with van der Waals surface area (Å²) in [4.78, 5) is 3.48. The lowest BCUT2D eigenvalue weighted by Crippen LogP contribution is -2.15. The topological polar surface area (TPSA) is 85.1 Å². The van der Waals surface area contributed by atoms with Gasteiger partial charge in [-0.3, -0.25) is 9.71 Å². The van der Waals surface area contributed by atoms with E-state index in [2.05, 4.69) is 41.6 Å². The Morgan fingerprint density at radius 2 is 1.85 bits per heavy atom. The molecule has 0 spiro atoms. The Balaban J connectivity index is 2.50. The molecule has 2 rings (SSSR count). The predicted octanol–water partition coefficient (Wildman–Crippen LogP) is 3.13. The van der Waals surface area contributed by atoms with E-state index in [1.807, 2.05) is 0 Å². The highest BCUT2D eigenvalue weighted by Crippen LogP contribution is 2.33. The Morgan fingerprint density at radius 1 is 1.25 bits per heavy atom. The fourth-order valence-corrected chi connectivity index (χ4v) is 5.18. The molecule has 0 fully saturated rings. The van der Waals surface area contributed by atoms with Crippen molar-refractivity contribution in [1.82, 2.24) is 4.98 Å². The van der Waals surface area contributed by atoms with Crippen molar-refractivity contribution in [3.63, 3.8) is 0 Å². The van der Waals surface area contributed by atoms with Gasteiger partial charge < -0.3 is 5.73 Å². The summed E-state index contributed by atoms with van der Waals surface area (Å²) in [6.07, 6.45) is 2.21. The number of rotatable bonds is 3. The molecule has 5 nitrogen and oxygen atoms in total. The van der Waals surface area contributed by atoms with Crippen molar-refractivity contribution in [1.29, 1.82) is 0 Å². The highest BCUT2D eigenvalue weighted by atomic mass is 79.9. The number of pyridine rings is 1. The van der Waals surface area contributed by atoms with Gasteiger partial charge in [0.15, 0.2) is 5.82 Å². The molecule has 1 aromatic carbocycles. The molecule has 0 saturated carbocycles. The number of anilines is 2. The summed E-state index contributed by atoms with van der Waals surface area (Å²) in [5.74, 6) is -0.765. The minimum atomic E-state index is -3.98. The first-order chi connectivity index (χ1) is 9.31. The first-order valence-corrected chi connectivity index (χ1v) is 8.25. The standard InChI is InChI=1S/C11H8Br2FN3O2S/c12-7-3-6(15)4-8(13)11(7)20(18,19)17-10-1-2-16-5-9(10)14/h1-5H,15H2,(H,16,17). The Bertz CT molecular complexity index is 745. The molecule has 2 aromatic rings. The molecule has 106 valence electrons. The number of hydrogen-bond donors (Lipinski definition) is 2. The zero-order chi connectivity index (χ0) is 14.9. The van der Waals surface area contributed by atoms with Crippen LogP contribution in [-0.2, 0) is 10.0 Å². The molecule has 0 amide bonds. The van der Waals surface area contributed by atoms with E-state index in [0.717, 1.165) is 6.20 Å². The molecule has 0 atom stereocenters. The van der Waals surface area contributed by atoms with E-state index in [4.69, 9.17) is 5.73 Å². The number of aromatic nitrogens is 1. The quantitative estimate of drug-likeness (QED) is 0.741. The van der Waals surface area contributed by atoms with Crippen molar-refractivity contribution in [2.24, 2.45) is 0 Å². The Labute approximate surface area is 131 Å². The van der Waals surface area contributed by atoms with E-state index in [0.29, 0.717) is 5.69 Å². The summed E-state index contributed by atoms with van der Waals surface area (Å²) >= 11 is 6.26. The number of hydrogen-bond acceptors (Lipinski definition) is 4. The van der Waals surface area contributed by atoms with Gasteiger partial charge in [0.1, 0.15) is 4.90 Å². The summed E-state index contributed by atoms with van der Waals surface area (Å²) in [6, 6.07) is 4.12. The molecule has 1 aromatic heterocycles. The van der Waals surface area contributed by atoms with Gasteiger partial charge in [-0.25, -0.2) is 12.8 Å². The van der Waals surface area contributed by atoms with Crippen molar-refractivity contribution < 1.29 is 12.8 Å². The molecular formula is C11H8Br2FN3O2S. The van der Waals surface area contributed by atoms with E-state index in [1.165, 1.54) is 24.4 Å². The number of nitrogens with zero attached hydrogens (tertiary/aromatic N) is 1. The van der Waals surface area contributed by atoms with Gasteiger partial charge in [-0.1, -0.05) is 0 Å². The van der Waals surface area contributed by atoms with Crippen LogP contribution < -0.4 is 10.5 Å². The third-order valence-electron chi connectivity index (χ3n) is 2.31. The van der Waals surface area contributed by atoms with Gasteiger partial charge in [-0.05, 0) is 50.1 Å². The molecule has 0 radical (unpaired) electrons. The average molecular weight is 425 g/mol.